The van der Waals surface area contributed by atoms with E-state index < -0.39 is 0 Å². The van der Waals surface area contributed by atoms with Gasteiger partial charge in [0, 0.05) is 31.8 Å². The van der Waals surface area contributed by atoms with Gasteiger partial charge in [0.15, 0.2) is 5.96 Å². The molecule has 0 aromatic heterocycles. The number of benzene rings is 2. The maximum atomic E-state index is 12.3. The molecule has 0 bridgehead atoms. The van der Waals surface area contributed by atoms with Gasteiger partial charge in [0.05, 0.1) is 12.6 Å². The summed E-state index contributed by atoms with van der Waals surface area (Å²) in [5.74, 6) is 0.862. The van der Waals surface area contributed by atoms with Crippen molar-refractivity contribution in [2.24, 2.45) is 10.9 Å². The number of hydrogen-bond donors (Lipinski definition) is 3. The summed E-state index contributed by atoms with van der Waals surface area (Å²) in [6, 6.07) is 16.5. The monoisotopic (exact) mass is 550 g/mol. The molecule has 174 valence electrons. The lowest BCUT2D eigenvalue weighted by Crippen LogP contribution is -2.44. The zero-order chi connectivity index (χ0) is 22.1. The molecule has 1 saturated heterocycles. The van der Waals surface area contributed by atoms with Gasteiger partial charge in [-0.1, -0.05) is 48.9 Å². The van der Waals surface area contributed by atoms with Gasteiger partial charge in [-0.3, -0.25) is 9.79 Å². The van der Waals surface area contributed by atoms with E-state index in [-0.39, 0.29) is 42.5 Å². The quantitative estimate of drug-likeness (QED) is 0.271. The van der Waals surface area contributed by atoms with Crippen LogP contribution < -0.4 is 16.0 Å². The summed E-state index contributed by atoms with van der Waals surface area (Å²) in [5, 5.41) is 9.40. The summed E-state index contributed by atoms with van der Waals surface area (Å²) in [6.07, 6.45) is 3.16. The third-order valence-corrected chi connectivity index (χ3v) is 5.64. The van der Waals surface area contributed by atoms with E-state index >= 15 is 0 Å². The van der Waals surface area contributed by atoms with E-state index in [1.165, 1.54) is 16.7 Å². The van der Waals surface area contributed by atoms with Crippen molar-refractivity contribution in [1.29, 1.82) is 0 Å². The number of aliphatic imine (C=N–C) groups is 1. The molecular weight excluding hydrogens is 515 g/mol. The summed E-state index contributed by atoms with van der Waals surface area (Å²) in [4.78, 5) is 16.6. The fraction of sp³-hybridized carbons (Fsp3) is 0.440. The van der Waals surface area contributed by atoms with E-state index in [9.17, 15) is 4.79 Å². The molecule has 0 saturated carbocycles. The molecule has 0 radical (unpaired) electrons. The fourth-order valence-corrected chi connectivity index (χ4v) is 3.86. The number of carbonyl (C=O) groups is 1. The Morgan fingerprint density at radius 2 is 1.94 bits per heavy atom. The van der Waals surface area contributed by atoms with Crippen LogP contribution in [0.25, 0.3) is 0 Å². The summed E-state index contributed by atoms with van der Waals surface area (Å²) >= 11 is 0. The third-order valence-electron chi connectivity index (χ3n) is 5.64. The molecule has 1 amide bonds. The van der Waals surface area contributed by atoms with E-state index in [0.717, 1.165) is 38.1 Å². The number of rotatable bonds is 7. The molecule has 32 heavy (non-hydrogen) atoms. The average Bonchev–Trinajstić information content (AvgIpc) is 2.80. The van der Waals surface area contributed by atoms with Crippen LogP contribution in [0.15, 0.2) is 53.5 Å². The Bertz CT molecular complexity index is 886. The molecule has 2 aromatic carbocycles. The second-order valence-corrected chi connectivity index (χ2v) is 8.01. The molecule has 2 atom stereocenters. The van der Waals surface area contributed by atoms with Crippen molar-refractivity contribution in [2.75, 3.05) is 32.1 Å². The number of ether oxygens (including phenoxy) is 1. The molecule has 2 aromatic rings. The van der Waals surface area contributed by atoms with Crippen LogP contribution in [0.5, 0.6) is 0 Å². The zero-order valence-electron chi connectivity index (χ0n) is 19.2. The van der Waals surface area contributed by atoms with Crippen molar-refractivity contribution in [3.05, 3.63) is 65.2 Å². The first-order valence-electron chi connectivity index (χ1n) is 11.1. The van der Waals surface area contributed by atoms with E-state index in [2.05, 4.69) is 65.1 Å². The Kier molecular flexibility index (Phi) is 11.0. The number of anilines is 1. The lowest BCUT2D eigenvalue weighted by atomic mass is 9.89. The number of carbonyl (C=O) groups excluding carboxylic acids is 1. The highest BCUT2D eigenvalue weighted by molar-refractivity contribution is 14.0. The average molecular weight is 550 g/mol. The summed E-state index contributed by atoms with van der Waals surface area (Å²) in [7, 11) is 1.72. The predicted octanol–water partition coefficient (Wildman–Crippen LogP) is 4.45. The first-order chi connectivity index (χ1) is 15.1. The number of nitrogens with one attached hydrogen (secondary N) is 3. The van der Waals surface area contributed by atoms with Crippen molar-refractivity contribution in [1.82, 2.24) is 10.6 Å². The largest absolute Gasteiger partial charge is 0.373 e. The minimum Gasteiger partial charge on any atom is -0.373 e. The van der Waals surface area contributed by atoms with Crippen molar-refractivity contribution in [3.63, 3.8) is 0 Å². The van der Waals surface area contributed by atoms with Gasteiger partial charge in [-0.2, -0.15) is 0 Å². The highest BCUT2D eigenvalue weighted by Crippen LogP contribution is 2.33. The Morgan fingerprint density at radius 3 is 2.66 bits per heavy atom. The number of hydrogen-bond acceptors (Lipinski definition) is 3. The Morgan fingerprint density at radius 1 is 1.16 bits per heavy atom. The SMILES string of the molecule is CCc1cccc(NC(=O)CNC(=NC)NCC2CCCOC2c2ccc(C)cc2)c1.I. The van der Waals surface area contributed by atoms with E-state index in [1.807, 2.05) is 18.2 Å². The van der Waals surface area contributed by atoms with Crippen LogP contribution in [0, 0.1) is 12.8 Å². The molecule has 6 nitrogen and oxygen atoms in total. The van der Waals surface area contributed by atoms with Crippen LogP contribution in [0.2, 0.25) is 0 Å². The maximum absolute atomic E-state index is 12.3. The van der Waals surface area contributed by atoms with Gasteiger partial charge in [-0.05, 0) is 49.4 Å². The molecule has 0 aliphatic carbocycles. The standard InChI is InChI=1S/C25H34N4O2.HI/c1-4-19-7-5-9-22(15-19)29-23(30)17-28-25(26-3)27-16-21-8-6-14-31-24(21)20-12-10-18(2)11-13-20;/h5,7,9-13,15,21,24H,4,6,8,14,16-17H2,1-3H3,(H,29,30)(H2,26,27,28);1H. The molecule has 1 fully saturated rings. The number of aryl methyl sites for hydroxylation is 2. The molecule has 3 N–H and O–H groups in total. The Hall–Kier alpha value is -2.13. The van der Waals surface area contributed by atoms with Crippen LogP contribution in [0.3, 0.4) is 0 Å². The zero-order valence-corrected chi connectivity index (χ0v) is 21.5. The van der Waals surface area contributed by atoms with Gasteiger partial charge in [0.25, 0.3) is 0 Å². The first-order valence-corrected chi connectivity index (χ1v) is 11.1. The molecular formula is C25H35IN4O2. The van der Waals surface area contributed by atoms with Gasteiger partial charge in [0.2, 0.25) is 5.91 Å². The van der Waals surface area contributed by atoms with Crippen LogP contribution >= 0.6 is 24.0 Å². The minimum absolute atomic E-state index is 0. The Labute approximate surface area is 208 Å². The van der Waals surface area contributed by atoms with Gasteiger partial charge in [0.1, 0.15) is 0 Å². The van der Waals surface area contributed by atoms with Crippen molar-refractivity contribution >= 4 is 41.5 Å². The molecule has 2 unspecified atom stereocenters. The number of nitrogens with zero attached hydrogens (tertiary/aromatic N) is 1. The van der Waals surface area contributed by atoms with Crippen molar-refractivity contribution < 1.29 is 9.53 Å². The van der Waals surface area contributed by atoms with Crippen molar-refractivity contribution in [2.45, 2.75) is 39.2 Å². The lowest BCUT2D eigenvalue weighted by Gasteiger charge is -2.32. The summed E-state index contributed by atoms with van der Waals surface area (Å²) in [6.45, 7) is 5.87. The van der Waals surface area contributed by atoms with Crippen LogP contribution in [-0.4, -0.2) is 38.6 Å². The molecule has 1 heterocycles. The van der Waals surface area contributed by atoms with Crippen LogP contribution in [-0.2, 0) is 16.0 Å². The van der Waals surface area contributed by atoms with Crippen LogP contribution in [0.1, 0.15) is 42.6 Å². The molecule has 1 aliphatic rings. The number of amides is 1. The van der Waals surface area contributed by atoms with Gasteiger partial charge in [-0.15, -0.1) is 24.0 Å². The summed E-state index contributed by atoms with van der Waals surface area (Å²) < 4.78 is 6.10. The maximum Gasteiger partial charge on any atom is 0.243 e. The summed E-state index contributed by atoms with van der Waals surface area (Å²) in [5.41, 5.74) is 4.47. The van der Waals surface area contributed by atoms with Gasteiger partial charge in [-0.25, -0.2) is 0 Å². The van der Waals surface area contributed by atoms with Gasteiger partial charge < -0.3 is 20.7 Å². The van der Waals surface area contributed by atoms with E-state index in [4.69, 9.17) is 4.74 Å². The second-order valence-electron chi connectivity index (χ2n) is 8.01. The molecule has 1 aliphatic heterocycles. The highest BCUT2D eigenvalue weighted by atomic mass is 127. The minimum atomic E-state index is -0.102. The third kappa shape index (κ3) is 7.78. The highest BCUT2D eigenvalue weighted by Gasteiger charge is 2.27. The first kappa shape index (κ1) is 26.1. The normalized spacial score (nSPS) is 18.4. The smallest absolute Gasteiger partial charge is 0.243 e. The fourth-order valence-electron chi connectivity index (χ4n) is 3.86. The molecule has 3 rings (SSSR count). The topological polar surface area (TPSA) is 74.8 Å². The van der Waals surface area contributed by atoms with E-state index in [1.54, 1.807) is 7.05 Å². The molecule has 0 spiro atoms. The number of halogens is 1. The number of guanidine groups is 1. The van der Waals surface area contributed by atoms with Crippen LogP contribution in [0.4, 0.5) is 5.69 Å². The lowest BCUT2D eigenvalue weighted by molar-refractivity contribution is -0.115. The second kappa shape index (κ2) is 13.4. The Balaban J connectivity index is 0.00000363. The van der Waals surface area contributed by atoms with Crippen molar-refractivity contribution in [3.8, 4) is 0 Å². The molecule has 7 heteroatoms. The van der Waals surface area contributed by atoms with E-state index in [0.29, 0.717) is 11.9 Å². The van der Waals surface area contributed by atoms with Gasteiger partial charge >= 0.3 is 0 Å². The predicted molar refractivity (Wildman–Crippen MR) is 142 cm³/mol.